The summed E-state index contributed by atoms with van der Waals surface area (Å²) in [4.78, 5) is 17.7. The van der Waals surface area contributed by atoms with Gasteiger partial charge in [-0.25, -0.2) is 4.98 Å². The SMILES string of the molecule is Cl.NC(=O)c1ccc(Oc2ccc(C3=CCCN(Cc4ccccc4)C3)cc2)nc1. The van der Waals surface area contributed by atoms with Crippen molar-refractivity contribution in [1.82, 2.24) is 9.88 Å². The van der Waals surface area contributed by atoms with Crippen LogP contribution in [0.2, 0.25) is 0 Å². The van der Waals surface area contributed by atoms with Gasteiger partial charge in [-0.3, -0.25) is 9.69 Å². The molecule has 0 fully saturated rings. The van der Waals surface area contributed by atoms with Crippen LogP contribution in [0.5, 0.6) is 11.6 Å². The maximum absolute atomic E-state index is 11.1. The largest absolute Gasteiger partial charge is 0.439 e. The quantitative estimate of drug-likeness (QED) is 0.627. The number of aromatic nitrogens is 1. The molecule has 0 saturated carbocycles. The van der Waals surface area contributed by atoms with Gasteiger partial charge < -0.3 is 10.5 Å². The number of primary amides is 1. The molecule has 2 heterocycles. The van der Waals surface area contributed by atoms with E-state index in [1.807, 2.05) is 12.1 Å². The zero-order valence-corrected chi connectivity index (χ0v) is 17.3. The van der Waals surface area contributed by atoms with Crippen molar-refractivity contribution in [2.24, 2.45) is 5.73 Å². The van der Waals surface area contributed by atoms with Crippen molar-refractivity contribution in [3.05, 3.63) is 95.7 Å². The highest BCUT2D eigenvalue weighted by Crippen LogP contribution is 2.26. The van der Waals surface area contributed by atoms with Crippen molar-refractivity contribution >= 4 is 23.9 Å². The van der Waals surface area contributed by atoms with Gasteiger partial charge in [-0.1, -0.05) is 48.5 Å². The monoisotopic (exact) mass is 421 g/mol. The lowest BCUT2D eigenvalue weighted by Crippen LogP contribution is -2.29. The Labute approximate surface area is 182 Å². The highest BCUT2D eigenvalue weighted by Gasteiger charge is 2.14. The van der Waals surface area contributed by atoms with E-state index in [1.165, 1.54) is 22.9 Å². The minimum atomic E-state index is -0.504. The maximum atomic E-state index is 11.1. The van der Waals surface area contributed by atoms with Gasteiger partial charge in [-0.05, 0) is 41.3 Å². The van der Waals surface area contributed by atoms with Crippen molar-refractivity contribution in [3.8, 4) is 11.6 Å². The molecule has 4 rings (SSSR count). The molecule has 5 nitrogen and oxygen atoms in total. The summed E-state index contributed by atoms with van der Waals surface area (Å²) in [6, 6.07) is 21.9. The highest BCUT2D eigenvalue weighted by atomic mass is 35.5. The number of nitrogens with zero attached hydrogens (tertiary/aromatic N) is 2. The fourth-order valence-electron chi connectivity index (χ4n) is 3.44. The molecule has 2 aromatic carbocycles. The Hall–Kier alpha value is -3.15. The third-order valence-electron chi connectivity index (χ3n) is 4.95. The summed E-state index contributed by atoms with van der Waals surface area (Å²) in [5, 5.41) is 0. The van der Waals surface area contributed by atoms with Crippen LogP contribution in [0.25, 0.3) is 5.57 Å². The standard InChI is InChI=1S/C24H23N3O2.ClH/c25-24(28)20-10-13-23(26-15-20)29-22-11-8-19(9-12-22)21-7-4-14-27(17-21)16-18-5-2-1-3-6-18;/h1-3,5-13,15H,4,14,16-17H2,(H2,25,28);1H. The second-order valence-corrected chi connectivity index (χ2v) is 7.09. The van der Waals surface area contributed by atoms with Crippen LogP contribution in [0, 0.1) is 0 Å². The lowest BCUT2D eigenvalue weighted by molar-refractivity contribution is 0.1000. The second-order valence-electron chi connectivity index (χ2n) is 7.09. The molecule has 0 spiro atoms. The number of hydrogen-bond donors (Lipinski definition) is 1. The van der Waals surface area contributed by atoms with Gasteiger partial charge in [0.05, 0.1) is 5.56 Å². The van der Waals surface area contributed by atoms with Crippen molar-refractivity contribution in [3.63, 3.8) is 0 Å². The third kappa shape index (κ3) is 5.47. The molecule has 0 bridgehead atoms. The Morgan fingerprint density at radius 1 is 1.03 bits per heavy atom. The van der Waals surface area contributed by atoms with Crippen LogP contribution in [0.1, 0.15) is 27.9 Å². The molecule has 0 radical (unpaired) electrons. The number of rotatable bonds is 6. The van der Waals surface area contributed by atoms with Crippen molar-refractivity contribution in [2.75, 3.05) is 13.1 Å². The van der Waals surface area contributed by atoms with Crippen LogP contribution in [-0.2, 0) is 6.54 Å². The number of hydrogen-bond acceptors (Lipinski definition) is 4. The molecule has 0 saturated heterocycles. The topological polar surface area (TPSA) is 68.5 Å². The van der Waals surface area contributed by atoms with Gasteiger partial charge in [0.1, 0.15) is 5.75 Å². The molecule has 30 heavy (non-hydrogen) atoms. The van der Waals surface area contributed by atoms with Gasteiger partial charge in [0.25, 0.3) is 0 Å². The summed E-state index contributed by atoms with van der Waals surface area (Å²) in [5.74, 6) is 0.620. The minimum absolute atomic E-state index is 0. The first kappa shape index (κ1) is 21.6. The number of carbonyl (C=O) groups is 1. The van der Waals surface area contributed by atoms with Gasteiger partial charge in [0.2, 0.25) is 11.8 Å². The molecular weight excluding hydrogens is 398 g/mol. The van der Waals surface area contributed by atoms with Crippen LogP contribution >= 0.6 is 12.4 Å². The number of amides is 1. The van der Waals surface area contributed by atoms with Crippen LogP contribution in [-0.4, -0.2) is 28.9 Å². The van der Waals surface area contributed by atoms with E-state index in [9.17, 15) is 4.79 Å². The Morgan fingerprint density at radius 3 is 2.47 bits per heavy atom. The average Bonchev–Trinajstić information content (AvgIpc) is 2.76. The first-order valence-corrected chi connectivity index (χ1v) is 9.67. The number of pyridine rings is 1. The molecule has 1 amide bonds. The third-order valence-corrected chi connectivity index (χ3v) is 4.95. The fraction of sp³-hybridized carbons (Fsp3) is 0.167. The molecular formula is C24H24ClN3O2. The Balaban J connectivity index is 0.00000256. The lowest BCUT2D eigenvalue weighted by atomic mass is 10.0. The Morgan fingerprint density at radius 2 is 1.80 bits per heavy atom. The molecule has 0 unspecified atom stereocenters. The predicted octanol–water partition coefficient (Wildman–Crippen LogP) is 4.68. The van der Waals surface area contributed by atoms with Gasteiger partial charge in [0.15, 0.2) is 0 Å². The zero-order chi connectivity index (χ0) is 20.1. The van der Waals surface area contributed by atoms with Crippen LogP contribution < -0.4 is 10.5 Å². The summed E-state index contributed by atoms with van der Waals surface area (Å²) in [6.45, 7) is 2.98. The second kappa shape index (κ2) is 10.1. The number of benzene rings is 2. The molecule has 1 aliphatic heterocycles. The molecule has 3 aromatic rings. The van der Waals surface area contributed by atoms with E-state index < -0.39 is 5.91 Å². The van der Waals surface area contributed by atoms with Crippen LogP contribution in [0.4, 0.5) is 0 Å². The van der Waals surface area contributed by atoms with E-state index in [0.29, 0.717) is 17.2 Å². The Bertz CT molecular complexity index is 1000. The summed E-state index contributed by atoms with van der Waals surface area (Å²) in [5.41, 5.74) is 9.46. The van der Waals surface area contributed by atoms with Gasteiger partial charge in [-0.15, -0.1) is 12.4 Å². The van der Waals surface area contributed by atoms with E-state index in [-0.39, 0.29) is 12.4 Å². The molecule has 0 aliphatic carbocycles. The molecule has 6 heteroatoms. The van der Waals surface area contributed by atoms with Gasteiger partial charge in [0, 0.05) is 31.9 Å². The minimum Gasteiger partial charge on any atom is -0.439 e. The molecule has 0 atom stereocenters. The van der Waals surface area contributed by atoms with Crippen molar-refractivity contribution < 1.29 is 9.53 Å². The fourth-order valence-corrected chi connectivity index (χ4v) is 3.44. The predicted molar refractivity (Wildman–Crippen MR) is 121 cm³/mol. The van der Waals surface area contributed by atoms with E-state index in [4.69, 9.17) is 10.5 Å². The number of nitrogens with two attached hydrogens (primary N) is 1. The van der Waals surface area contributed by atoms with E-state index in [0.717, 1.165) is 26.1 Å². The van der Waals surface area contributed by atoms with E-state index in [1.54, 1.807) is 12.1 Å². The van der Waals surface area contributed by atoms with E-state index >= 15 is 0 Å². The summed E-state index contributed by atoms with van der Waals surface area (Å²) in [7, 11) is 0. The molecule has 154 valence electrons. The first-order valence-electron chi connectivity index (χ1n) is 9.67. The number of ether oxygens (including phenoxy) is 1. The molecule has 1 aromatic heterocycles. The first-order chi connectivity index (χ1) is 14.2. The normalized spacial score (nSPS) is 13.8. The summed E-state index contributed by atoms with van der Waals surface area (Å²) >= 11 is 0. The van der Waals surface area contributed by atoms with Crippen LogP contribution in [0.3, 0.4) is 0 Å². The lowest BCUT2D eigenvalue weighted by Gasteiger charge is -2.27. The zero-order valence-electron chi connectivity index (χ0n) is 16.5. The number of halogens is 1. The molecule has 1 aliphatic rings. The van der Waals surface area contributed by atoms with Crippen molar-refractivity contribution in [1.29, 1.82) is 0 Å². The smallest absolute Gasteiger partial charge is 0.250 e. The molecule has 2 N–H and O–H groups in total. The summed E-state index contributed by atoms with van der Waals surface area (Å²) in [6.07, 6.45) is 4.79. The maximum Gasteiger partial charge on any atom is 0.250 e. The Kier molecular flexibility index (Phi) is 7.22. The van der Waals surface area contributed by atoms with Crippen molar-refractivity contribution in [2.45, 2.75) is 13.0 Å². The van der Waals surface area contributed by atoms with Gasteiger partial charge in [-0.2, -0.15) is 0 Å². The average molecular weight is 422 g/mol. The van der Waals surface area contributed by atoms with Gasteiger partial charge >= 0.3 is 0 Å². The highest BCUT2D eigenvalue weighted by molar-refractivity contribution is 5.92. The van der Waals surface area contributed by atoms with E-state index in [2.05, 4.69) is 58.4 Å². The summed E-state index contributed by atoms with van der Waals surface area (Å²) < 4.78 is 5.76. The van der Waals surface area contributed by atoms with Crippen LogP contribution in [0.15, 0.2) is 79.0 Å². The number of carbonyl (C=O) groups excluding carboxylic acids is 1.